The van der Waals surface area contributed by atoms with Gasteiger partial charge in [0.25, 0.3) is 5.91 Å². The Kier molecular flexibility index (Phi) is 4.61. The fraction of sp³-hybridized carbons (Fsp3) is 0.368. The van der Waals surface area contributed by atoms with Crippen molar-refractivity contribution in [1.82, 2.24) is 14.8 Å². The van der Waals surface area contributed by atoms with Gasteiger partial charge in [-0.1, -0.05) is 30.3 Å². The van der Waals surface area contributed by atoms with E-state index in [4.69, 9.17) is 0 Å². The summed E-state index contributed by atoms with van der Waals surface area (Å²) in [5.41, 5.74) is 1.08. The van der Waals surface area contributed by atoms with Gasteiger partial charge in [-0.05, 0) is 17.7 Å². The van der Waals surface area contributed by atoms with Crippen LogP contribution in [0, 0.1) is 0 Å². The van der Waals surface area contributed by atoms with Crippen LogP contribution in [0.25, 0.3) is 0 Å². The summed E-state index contributed by atoms with van der Waals surface area (Å²) in [6.45, 7) is 1.62. The van der Waals surface area contributed by atoms with Crippen molar-refractivity contribution in [1.29, 1.82) is 0 Å². The van der Waals surface area contributed by atoms with Crippen LogP contribution >= 0.6 is 0 Å². The first-order valence-corrected chi connectivity index (χ1v) is 10.7. The van der Waals surface area contributed by atoms with Gasteiger partial charge < -0.3 is 10.0 Å². The van der Waals surface area contributed by atoms with Crippen molar-refractivity contribution in [3.8, 4) is 5.75 Å². The zero-order valence-corrected chi connectivity index (χ0v) is 15.5. The van der Waals surface area contributed by atoms with Crippen LogP contribution in [-0.4, -0.2) is 70.9 Å². The second-order valence-corrected chi connectivity index (χ2v) is 9.19. The maximum atomic E-state index is 12.9. The number of nitrogens with zero attached hydrogens (tertiary/aromatic N) is 3. The Hall–Kier alpha value is -2.45. The van der Waals surface area contributed by atoms with Crippen LogP contribution in [0.15, 0.2) is 48.7 Å². The predicted octanol–water partition coefficient (Wildman–Crippen LogP) is 0.911. The molecule has 2 fully saturated rings. The van der Waals surface area contributed by atoms with Crippen molar-refractivity contribution < 1.29 is 18.3 Å². The molecule has 1 N–H and O–H groups in total. The van der Waals surface area contributed by atoms with Gasteiger partial charge in [-0.3, -0.25) is 9.69 Å². The van der Waals surface area contributed by atoms with Gasteiger partial charge in [0.15, 0.2) is 15.5 Å². The molecule has 2 aliphatic heterocycles. The van der Waals surface area contributed by atoms with E-state index in [1.165, 1.54) is 12.3 Å². The lowest BCUT2D eigenvalue weighted by molar-refractivity contribution is 0.0299. The summed E-state index contributed by atoms with van der Waals surface area (Å²) in [6.07, 6.45) is 1.45. The second kappa shape index (κ2) is 6.94. The van der Waals surface area contributed by atoms with E-state index < -0.39 is 21.8 Å². The van der Waals surface area contributed by atoms with Crippen LogP contribution in [0.5, 0.6) is 5.75 Å². The fourth-order valence-electron chi connectivity index (χ4n) is 3.99. The number of aromatic hydroxyl groups is 1. The number of benzene rings is 1. The Labute approximate surface area is 158 Å². The first kappa shape index (κ1) is 17.9. The highest BCUT2D eigenvalue weighted by Crippen LogP contribution is 2.30. The van der Waals surface area contributed by atoms with E-state index in [1.54, 1.807) is 11.0 Å². The zero-order chi connectivity index (χ0) is 19.0. The summed E-state index contributed by atoms with van der Waals surface area (Å²) in [7, 11) is -3.23. The van der Waals surface area contributed by atoms with Crippen LogP contribution < -0.4 is 0 Å². The summed E-state index contributed by atoms with van der Waals surface area (Å²) >= 11 is 0. The number of aromatic nitrogens is 1. The molecule has 2 atom stereocenters. The first-order valence-electron chi connectivity index (χ1n) is 8.88. The van der Waals surface area contributed by atoms with Crippen molar-refractivity contribution in [2.45, 2.75) is 18.6 Å². The van der Waals surface area contributed by atoms with Crippen LogP contribution in [0.4, 0.5) is 0 Å². The second-order valence-electron chi connectivity index (χ2n) is 7.04. The maximum Gasteiger partial charge on any atom is 0.276 e. The Bertz CT molecular complexity index is 948. The van der Waals surface area contributed by atoms with E-state index in [2.05, 4.69) is 9.88 Å². The third-order valence-corrected chi connectivity index (χ3v) is 6.97. The number of hydrogen-bond donors (Lipinski definition) is 1. The number of pyridine rings is 1. The Morgan fingerprint density at radius 2 is 1.81 bits per heavy atom. The lowest BCUT2D eigenvalue weighted by Gasteiger charge is -2.43. The molecule has 2 aromatic rings. The van der Waals surface area contributed by atoms with Gasteiger partial charge in [0.1, 0.15) is 5.75 Å². The molecule has 2 unspecified atom stereocenters. The first-order chi connectivity index (χ1) is 12.9. The molecule has 1 amide bonds. The van der Waals surface area contributed by atoms with Gasteiger partial charge in [0, 0.05) is 31.9 Å². The topological polar surface area (TPSA) is 90.8 Å². The predicted molar refractivity (Wildman–Crippen MR) is 100 cm³/mol. The van der Waals surface area contributed by atoms with Crippen molar-refractivity contribution in [2.75, 3.05) is 24.6 Å². The smallest absolute Gasteiger partial charge is 0.276 e. The summed E-state index contributed by atoms with van der Waals surface area (Å²) < 4.78 is 24.7. The lowest BCUT2D eigenvalue weighted by atomic mass is 10.0. The minimum Gasteiger partial charge on any atom is -0.505 e. The summed E-state index contributed by atoms with van der Waals surface area (Å²) in [6, 6.07) is 12.2. The average molecular weight is 387 g/mol. The summed E-state index contributed by atoms with van der Waals surface area (Å²) in [5, 5.41) is 9.96. The highest BCUT2D eigenvalue weighted by molar-refractivity contribution is 7.91. The summed E-state index contributed by atoms with van der Waals surface area (Å²) in [5.74, 6) is -0.615. The number of carbonyl (C=O) groups excluding carboxylic acids is 1. The van der Waals surface area contributed by atoms with Gasteiger partial charge in [-0.25, -0.2) is 13.4 Å². The molecule has 8 heteroatoms. The monoisotopic (exact) mass is 387 g/mol. The standard InChI is InChI=1S/C19H21N3O4S/c23-17-7-4-8-20-18(17)19(24)22-10-9-21(11-14-5-2-1-3-6-14)15-12-27(25,26)13-16(15)22/h1-8,15-16,23H,9-13H2. The van der Waals surface area contributed by atoms with E-state index in [0.29, 0.717) is 19.6 Å². The number of hydrogen-bond acceptors (Lipinski definition) is 6. The molecule has 1 aromatic carbocycles. The Morgan fingerprint density at radius 3 is 2.56 bits per heavy atom. The van der Waals surface area contributed by atoms with Crippen LogP contribution in [-0.2, 0) is 16.4 Å². The average Bonchev–Trinajstić information content (AvgIpc) is 2.98. The molecule has 2 saturated heterocycles. The molecule has 0 spiro atoms. The maximum absolute atomic E-state index is 12.9. The molecule has 0 radical (unpaired) electrons. The number of piperazine rings is 1. The van der Waals surface area contributed by atoms with Crippen molar-refractivity contribution in [3.63, 3.8) is 0 Å². The largest absolute Gasteiger partial charge is 0.505 e. The highest BCUT2D eigenvalue weighted by Gasteiger charge is 2.48. The molecule has 2 aliphatic rings. The molecule has 4 rings (SSSR count). The number of sulfone groups is 1. The molecular weight excluding hydrogens is 366 g/mol. The third kappa shape index (κ3) is 3.54. The van der Waals surface area contributed by atoms with Gasteiger partial charge in [0.05, 0.1) is 17.5 Å². The molecule has 0 saturated carbocycles. The fourth-order valence-corrected chi connectivity index (χ4v) is 6.00. The molecule has 0 aliphatic carbocycles. The van der Waals surface area contributed by atoms with E-state index in [9.17, 15) is 18.3 Å². The molecule has 27 heavy (non-hydrogen) atoms. The van der Waals surface area contributed by atoms with E-state index in [0.717, 1.165) is 5.56 Å². The van der Waals surface area contributed by atoms with Gasteiger partial charge in [0.2, 0.25) is 0 Å². The molecule has 7 nitrogen and oxygen atoms in total. The molecule has 0 bridgehead atoms. The van der Waals surface area contributed by atoms with Crippen LogP contribution in [0.1, 0.15) is 16.1 Å². The number of fused-ring (bicyclic) bond motifs is 1. The number of rotatable bonds is 3. The number of carbonyl (C=O) groups is 1. The van der Waals surface area contributed by atoms with Gasteiger partial charge in [-0.2, -0.15) is 0 Å². The van der Waals surface area contributed by atoms with Gasteiger partial charge in [-0.15, -0.1) is 0 Å². The van der Waals surface area contributed by atoms with E-state index in [1.807, 2.05) is 30.3 Å². The molecule has 142 valence electrons. The Morgan fingerprint density at radius 1 is 1.07 bits per heavy atom. The minimum atomic E-state index is -3.23. The summed E-state index contributed by atoms with van der Waals surface area (Å²) in [4.78, 5) is 20.6. The van der Waals surface area contributed by atoms with Crippen LogP contribution in [0.3, 0.4) is 0 Å². The van der Waals surface area contributed by atoms with Crippen molar-refractivity contribution in [2.24, 2.45) is 0 Å². The quantitative estimate of drug-likeness (QED) is 0.842. The molecular formula is C19H21N3O4S. The third-order valence-electron chi connectivity index (χ3n) is 5.27. The lowest BCUT2D eigenvalue weighted by Crippen LogP contribution is -2.60. The number of amides is 1. The normalized spacial score (nSPS) is 24.5. The zero-order valence-electron chi connectivity index (χ0n) is 14.7. The van der Waals surface area contributed by atoms with Crippen molar-refractivity contribution in [3.05, 3.63) is 59.9 Å². The Balaban J connectivity index is 1.60. The van der Waals surface area contributed by atoms with Crippen molar-refractivity contribution >= 4 is 15.7 Å². The molecule has 1 aromatic heterocycles. The van der Waals surface area contributed by atoms with Crippen LogP contribution in [0.2, 0.25) is 0 Å². The van der Waals surface area contributed by atoms with Gasteiger partial charge >= 0.3 is 0 Å². The molecule has 3 heterocycles. The minimum absolute atomic E-state index is 0.0305. The van der Waals surface area contributed by atoms with E-state index >= 15 is 0 Å². The SMILES string of the molecule is O=C(c1ncccc1O)N1CCN(Cc2ccccc2)C2CS(=O)(=O)CC21. The van der Waals surface area contributed by atoms with E-state index in [-0.39, 0.29) is 29.0 Å². The highest BCUT2D eigenvalue weighted by atomic mass is 32.2.